The first-order valence-electron chi connectivity index (χ1n) is 6.83. The summed E-state index contributed by atoms with van der Waals surface area (Å²) in [7, 11) is 0. The van der Waals surface area contributed by atoms with Crippen LogP contribution in [0.3, 0.4) is 0 Å². The molecule has 5 heteroatoms. The van der Waals surface area contributed by atoms with Gasteiger partial charge in [0.1, 0.15) is 5.75 Å². The molecule has 0 bridgehead atoms. The molecule has 1 heterocycles. The highest BCUT2D eigenvalue weighted by molar-refractivity contribution is 5.94. The average Bonchev–Trinajstić information content (AvgIpc) is 2.52. The van der Waals surface area contributed by atoms with Crippen molar-refractivity contribution in [1.82, 2.24) is 4.98 Å². The molecule has 3 N–H and O–H groups in total. The average molecular weight is 294 g/mol. The monoisotopic (exact) mass is 294 g/mol. The van der Waals surface area contributed by atoms with Crippen molar-refractivity contribution >= 4 is 22.5 Å². The van der Waals surface area contributed by atoms with Crippen LogP contribution in [0.2, 0.25) is 0 Å². The van der Waals surface area contributed by atoms with Crippen molar-refractivity contribution in [3.63, 3.8) is 0 Å². The van der Waals surface area contributed by atoms with Crippen LogP contribution in [0.1, 0.15) is 5.56 Å². The number of rotatable bonds is 3. The van der Waals surface area contributed by atoms with Crippen molar-refractivity contribution in [1.29, 1.82) is 0 Å². The zero-order valence-corrected chi connectivity index (χ0v) is 11.7. The Kier molecular flexibility index (Phi) is 3.62. The number of para-hydroxylation sites is 2. The van der Waals surface area contributed by atoms with Crippen molar-refractivity contribution in [2.24, 2.45) is 0 Å². The fourth-order valence-electron chi connectivity index (χ4n) is 2.32. The van der Waals surface area contributed by atoms with E-state index in [-0.39, 0.29) is 23.6 Å². The molecule has 0 radical (unpaired) electrons. The van der Waals surface area contributed by atoms with Gasteiger partial charge in [-0.25, -0.2) is 0 Å². The van der Waals surface area contributed by atoms with Crippen LogP contribution in [-0.2, 0) is 11.2 Å². The molecule has 1 amide bonds. The Bertz CT molecular complexity index is 885. The van der Waals surface area contributed by atoms with Gasteiger partial charge in [-0.3, -0.25) is 9.59 Å². The molecule has 0 spiro atoms. The van der Waals surface area contributed by atoms with Gasteiger partial charge in [-0.05, 0) is 24.3 Å². The topological polar surface area (TPSA) is 82.2 Å². The third-order valence-corrected chi connectivity index (χ3v) is 3.39. The second-order valence-corrected chi connectivity index (χ2v) is 4.92. The summed E-state index contributed by atoms with van der Waals surface area (Å²) in [6.45, 7) is 0. The van der Waals surface area contributed by atoms with Crippen molar-refractivity contribution in [3.05, 3.63) is 70.5 Å². The SMILES string of the molecule is O=C(Cc1c(O)c2ccccc2[nH]c1=O)Nc1ccccc1. The number of H-pyrrole nitrogens is 1. The number of nitrogens with one attached hydrogen (secondary N) is 2. The second kappa shape index (κ2) is 5.73. The molecular weight excluding hydrogens is 280 g/mol. The summed E-state index contributed by atoms with van der Waals surface area (Å²) in [5.41, 5.74) is 0.785. The zero-order chi connectivity index (χ0) is 15.5. The lowest BCUT2D eigenvalue weighted by molar-refractivity contribution is -0.115. The Labute approximate surface area is 126 Å². The number of aromatic amines is 1. The lowest BCUT2D eigenvalue weighted by Gasteiger charge is -2.08. The van der Waals surface area contributed by atoms with E-state index in [9.17, 15) is 14.7 Å². The fourth-order valence-corrected chi connectivity index (χ4v) is 2.32. The molecule has 0 aliphatic carbocycles. The van der Waals surface area contributed by atoms with Crippen molar-refractivity contribution in [2.45, 2.75) is 6.42 Å². The number of carbonyl (C=O) groups excluding carboxylic acids is 1. The Balaban J connectivity index is 1.90. The van der Waals surface area contributed by atoms with Gasteiger partial charge < -0.3 is 15.4 Å². The van der Waals surface area contributed by atoms with Crippen LogP contribution in [0, 0.1) is 0 Å². The number of hydrogen-bond acceptors (Lipinski definition) is 3. The molecule has 110 valence electrons. The molecule has 0 atom stereocenters. The Hall–Kier alpha value is -3.08. The van der Waals surface area contributed by atoms with Gasteiger partial charge in [0.25, 0.3) is 5.56 Å². The first-order chi connectivity index (χ1) is 10.6. The van der Waals surface area contributed by atoms with Gasteiger partial charge in [-0.1, -0.05) is 30.3 Å². The lowest BCUT2D eigenvalue weighted by atomic mass is 10.1. The van der Waals surface area contributed by atoms with Gasteiger partial charge in [-0.15, -0.1) is 0 Å². The lowest BCUT2D eigenvalue weighted by Crippen LogP contribution is -2.21. The molecule has 0 unspecified atom stereocenters. The number of pyridine rings is 1. The van der Waals surface area contributed by atoms with Gasteiger partial charge in [0.05, 0.1) is 17.5 Å². The predicted molar refractivity (Wildman–Crippen MR) is 85.0 cm³/mol. The van der Waals surface area contributed by atoms with Gasteiger partial charge in [-0.2, -0.15) is 0 Å². The van der Waals surface area contributed by atoms with Crippen LogP contribution in [0.5, 0.6) is 5.75 Å². The largest absolute Gasteiger partial charge is 0.507 e. The fraction of sp³-hybridized carbons (Fsp3) is 0.0588. The van der Waals surface area contributed by atoms with Crippen LogP contribution in [0.15, 0.2) is 59.4 Å². The Morgan fingerprint density at radius 3 is 2.50 bits per heavy atom. The summed E-state index contributed by atoms with van der Waals surface area (Å²) in [6.07, 6.45) is -0.194. The molecule has 1 aromatic heterocycles. The molecule has 3 rings (SSSR count). The first-order valence-corrected chi connectivity index (χ1v) is 6.83. The number of hydrogen-bond donors (Lipinski definition) is 3. The van der Waals surface area contributed by atoms with Crippen LogP contribution < -0.4 is 10.9 Å². The molecular formula is C17H14N2O3. The number of carbonyl (C=O) groups is 1. The molecule has 0 fully saturated rings. The van der Waals surface area contributed by atoms with E-state index in [2.05, 4.69) is 10.3 Å². The molecule has 0 saturated heterocycles. The van der Waals surface area contributed by atoms with E-state index in [1.807, 2.05) is 6.07 Å². The normalized spacial score (nSPS) is 10.5. The molecule has 2 aromatic carbocycles. The van der Waals surface area contributed by atoms with E-state index < -0.39 is 5.56 Å². The third-order valence-electron chi connectivity index (χ3n) is 3.39. The number of fused-ring (bicyclic) bond motifs is 1. The maximum atomic E-state index is 12.0. The smallest absolute Gasteiger partial charge is 0.255 e. The summed E-state index contributed by atoms with van der Waals surface area (Å²) in [5.74, 6) is -0.509. The third kappa shape index (κ3) is 2.69. The molecule has 0 aliphatic rings. The van der Waals surface area contributed by atoms with Crippen molar-refractivity contribution < 1.29 is 9.90 Å². The summed E-state index contributed by atoms with van der Waals surface area (Å²) in [6, 6.07) is 15.9. The van der Waals surface area contributed by atoms with Crippen molar-refractivity contribution in [2.75, 3.05) is 5.32 Å². The minimum atomic E-state index is -0.459. The van der Waals surface area contributed by atoms with E-state index in [1.165, 1.54) is 0 Å². The van der Waals surface area contributed by atoms with E-state index in [4.69, 9.17) is 0 Å². The van der Waals surface area contributed by atoms with Crippen LogP contribution >= 0.6 is 0 Å². The van der Waals surface area contributed by atoms with Gasteiger partial charge >= 0.3 is 0 Å². The predicted octanol–water partition coefficient (Wildman–Crippen LogP) is 2.41. The number of aromatic hydroxyl groups is 1. The number of anilines is 1. The second-order valence-electron chi connectivity index (χ2n) is 4.92. The van der Waals surface area contributed by atoms with Crippen LogP contribution in [-0.4, -0.2) is 16.0 Å². The van der Waals surface area contributed by atoms with Gasteiger partial charge in [0, 0.05) is 11.1 Å². The summed E-state index contributed by atoms with van der Waals surface area (Å²) < 4.78 is 0. The van der Waals surface area contributed by atoms with E-state index >= 15 is 0 Å². The maximum Gasteiger partial charge on any atom is 0.255 e. The highest BCUT2D eigenvalue weighted by atomic mass is 16.3. The number of amides is 1. The number of aromatic nitrogens is 1. The minimum absolute atomic E-state index is 0.0622. The van der Waals surface area contributed by atoms with Gasteiger partial charge in [0.2, 0.25) is 5.91 Å². The van der Waals surface area contributed by atoms with E-state index in [1.54, 1.807) is 48.5 Å². The van der Waals surface area contributed by atoms with Gasteiger partial charge in [0.15, 0.2) is 0 Å². The summed E-state index contributed by atoms with van der Waals surface area (Å²) in [4.78, 5) is 26.8. The standard InChI is InChI=1S/C17H14N2O3/c20-15(18-11-6-2-1-3-7-11)10-13-16(21)12-8-4-5-9-14(12)19-17(13)22/h1-9H,10H2,(H,18,20)(H2,19,21,22). The van der Waals surface area contributed by atoms with Crippen LogP contribution in [0.25, 0.3) is 10.9 Å². The van der Waals surface area contributed by atoms with Crippen LogP contribution in [0.4, 0.5) is 5.69 Å². The molecule has 3 aromatic rings. The van der Waals surface area contributed by atoms with Crippen molar-refractivity contribution in [3.8, 4) is 5.75 Å². The Morgan fingerprint density at radius 2 is 1.73 bits per heavy atom. The maximum absolute atomic E-state index is 12.0. The molecule has 5 nitrogen and oxygen atoms in total. The quantitative estimate of drug-likeness (QED) is 0.693. The summed E-state index contributed by atoms with van der Waals surface area (Å²) >= 11 is 0. The highest BCUT2D eigenvalue weighted by Crippen LogP contribution is 2.24. The molecule has 22 heavy (non-hydrogen) atoms. The minimum Gasteiger partial charge on any atom is -0.507 e. The Morgan fingerprint density at radius 1 is 1.05 bits per heavy atom. The molecule has 0 saturated carbocycles. The number of benzene rings is 2. The molecule has 0 aliphatic heterocycles. The zero-order valence-electron chi connectivity index (χ0n) is 11.7. The summed E-state index contributed by atoms with van der Waals surface area (Å²) in [5, 5.41) is 13.5. The highest BCUT2D eigenvalue weighted by Gasteiger charge is 2.15. The first kappa shape index (κ1) is 13.9. The van der Waals surface area contributed by atoms with E-state index in [0.717, 1.165) is 0 Å². The van der Waals surface area contributed by atoms with E-state index in [0.29, 0.717) is 16.6 Å².